The Labute approximate surface area is 117 Å². The summed E-state index contributed by atoms with van der Waals surface area (Å²) in [7, 11) is 0. The molecule has 1 aromatic rings. The van der Waals surface area contributed by atoms with Crippen LogP contribution in [0, 0.1) is 5.92 Å². The van der Waals surface area contributed by atoms with Gasteiger partial charge in [-0.2, -0.15) is 0 Å². The van der Waals surface area contributed by atoms with Gasteiger partial charge in [0.1, 0.15) is 0 Å². The van der Waals surface area contributed by atoms with Gasteiger partial charge in [-0.3, -0.25) is 0 Å². The predicted octanol–water partition coefficient (Wildman–Crippen LogP) is 4.45. The minimum absolute atomic E-state index is 0.313. The van der Waals surface area contributed by atoms with E-state index in [1.54, 1.807) is 0 Å². The maximum atomic E-state index is 5.97. The first-order valence-corrected chi connectivity index (χ1v) is 7.93. The molecule has 0 aliphatic heterocycles. The SMILES string of the molecule is CCCC1CC(CN)(Sc2ccc(Br)cc2)C1. The summed E-state index contributed by atoms with van der Waals surface area (Å²) < 4.78 is 1.45. The number of hydrogen-bond acceptors (Lipinski definition) is 2. The lowest BCUT2D eigenvalue weighted by molar-refractivity contribution is 0.220. The molecule has 0 heterocycles. The normalized spacial score (nSPS) is 27.8. The summed E-state index contributed by atoms with van der Waals surface area (Å²) in [6.45, 7) is 3.07. The van der Waals surface area contributed by atoms with Crippen LogP contribution in [-0.2, 0) is 0 Å². The number of halogens is 1. The minimum atomic E-state index is 0.313. The van der Waals surface area contributed by atoms with Gasteiger partial charge in [0.25, 0.3) is 0 Å². The van der Waals surface area contributed by atoms with Gasteiger partial charge in [-0.15, -0.1) is 11.8 Å². The fourth-order valence-corrected chi connectivity index (χ4v) is 4.41. The van der Waals surface area contributed by atoms with E-state index in [2.05, 4.69) is 47.1 Å². The monoisotopic (exact) mass is 313 g/mol. The van der Waals surface area contributed by atoms with E-state index in [1.165, 1.54) is 30.6 Å². The molecule has 1 aliphatic carbocycles. The average Bonchev–Trinajstić information content (AvgIpc) is 2.29. The van der Waals surface area contributed by atoms with Crippen molar-refractivity contribution in [3.8, 4) is 0 Å². The third-order valence-electron chi connectivity index (χ3n) is 3.54. The van der Waals surface area contributed by atoms with Gasteiger partial charge in [-0.25, -0.2) is 0 Å². The van der Waals surface area contributed by atoms with Crippen LogP contribution >= 0.6 is 27.7 Å². The fourth-order valence-electron chi connectivity index (χ4n) is 2.65. The summed E-state index contributed by atoms with van der Waals surface area (Å²) in [5.41, 5.74) is 5.97. The Hall–Kier alpha value is 0.01000. The Kier molecular flexibility index (Phi) is 4.56. The second-order valence-electron chi connectivity index (χ2n) is 5.01. The average molecular weight is 314 g/mol. The van der Waals surface area contributed by atoms with E-state index in [0.29, 0.717) is 4.75 Å². The molecule has 0 spiro atoms. The lowest BCUT2D eigenvalue weighted by atomic mass is 9.72. The Morgan fingerprint density at radius 3 is 2.53 bits per heavy atom. The lowest BCUT2D eigenvalue weighted by Crippen LogP contribution is -2.46. The summed E-state index contributed by atoms with van der Waals surface area (Å²) in [6, 6.07) is 8.57. The zero-order valence-corrected chi connectivity index (χ0v) is 12.7. The van der Waals surface area contributed by atoms with E-state index in [-0.39, 0.29) is 0 Å². The van der Waals surface area contributed by atoms with Crippen molar-refractivity contribution in [3.05, 3.63) is 28.7 Å². The molecule has 0 bridgehead atoms. The topological polar surface area (TPSA) is 26.0 Å². The summed E-state index contributed by atoms with van der Waals surface area (Å²) in [5, 5.41) is 0. The molecule has 2 N–H and O–H groups in total. The van der Waals surface area contributed by atoms with Crippen LogP contribution in [0.5, 0.6) is 0 Å². The first-order valence-electron chi connectivity index (χ1n) is 6.32. The molecule has 1 saturated carbocycles. The van der Waals surface area contributed by atoms with Crippen molar-refractivity contribution in [2.45, 2.75) is 42.2 Å². The van der Waals surface area contributed by atoms with Gasteiger partial charge in [0, 0.05) is 20.7 Å². The molecule has 1 aromatic carbocycles. The number of thioether (sulfide) groups is 1. The van der Waals surface area contributed by atoms with E-state index in [9.17, 15) is 0 Å². The molecular weight excluding hydrogens is 294 g/mol. The summed E-state index contributed by atoms with van der Waals surface area (Å²) in [4.78, 5) is 1.34. The molecular formula is C14H20BrNS. The van der Waals surface area contributed by atoms with Crippen LogP contribution in [0.3, 0.4) is 0 Å². The Bertz CT molecular complexity index is 357. The van der Waals surface area contributed by atoms with Gasteiger partial charge in [0.15, 0.2) is 0 Å². The van der Waals surface area contributed by atoms with Crippen molar-refractivity contribution in [3.63, 3.8) is 0 Å². The van der Waals surface area contributed by atoms with Gasteiger partial charge >= 0.3 is 0 Å². The van der Waals surface area contributed by atoms with Crippen molar-refractivity contribution < 1.29 is 0 Å². The van der Waals surface area contributed by atoms with E-state index >= 15 is 0 Å². The van der Waals surface area contributed by atoms with Gasteiger partial charge < -0.3 is 5.73 Å². The van der Waals surface area contributed by atoms with E-state index in [4.69, 9.17) is 5.73 Å². The second-order valence-corrected chi connectivity index (χ2v) is 7.46. The summed E-state index contributed by atoms with van der Waals surface area (Å²) in [6.07, 6.45) is 5.24. The zero-order chi connectivity index (χ0) is 12.3. The highest BCUT2D eigenvalue weighted by molar-refractivity contribution is 9.10. The smallest absolute Gasteiger partial charge is 0.0334 e. The Morgan fingerprint density at radius 2 is 2.00 bits per heavy atom. The van der Waals surface area contributed by atoms with Crippen LogP contribution in [-0.4, -0.2) is 11.3 Å². The van der Waals surface area contributed by atoms with Crippen LogP contribution in [0.2, 0.25) is 0 Å². The lowest BCUT2D eigenvalue weighted by Gasteiger charge is -2.47. The molecule has 0 amide bonds. The molecule has 1 aliphatic rings. The molecule has 3 heteroatoms. The van der Waals surface area contributed by atoms with E-state index in [0.717, 1.165) is 16.9 Å². The third-order valence-corrected chi connectivity index (χ3v) is 5.51. The minimum Gasteiger partial charge on any atom is -0.329 e. The van der Waals surface area contributed by atoms with E-state index in [1.807, 2.05) is 11.8 Å². The van der Waals surface area contributed by atoms with Gasteiger partial charge in [-0.1, -0.05) is 35.7 Å². The fraction of sp³-hybridized carbons (Fsp3) is 0.571. The first-order chi connectivity index (χ1) is 8.17. The second kappa shape index (κ2) is 5.77. The maximum Gasteiger partial charge on any atom is 0.0334 e. The Balaban J connectivity index is 1.95. The highest BCUT2D eigenvalue weighted by atomic mass is 79.9. The molecule has 0 unspecified atom stereocenters. The molecule has 94 valence electrons. The van der Waals surface area contributed by atoms with Crippen LogP contribution < -0.4 is 5.73 Å². The van der Waals surface area contributed by atoms with Crippen LogP contribution in [0.1, 0.15) is 32.6 Å². The highest BCUT2D eigenvalue weighted by Crippen LogP contribution is 2.51. The highest BCUT2D eigenvalue weighted by Gasteiger charge is 2.43. The largest absolute Gasteiger partial charge is 0.329 e. The standard InChI is InChI=1S/C14H20BrNS/c1-2-3-11-8-14(9-11,10-16)17-13-6-4-12(15)5-7-13/h4-7,11H,2-3,8-10,16H2,1H3. The van der Waals surface area contributed by atoms with Crippen molar-refractivity contribution >= 4 is 27.7 Å². The first kappa shape index (κ1) is 13.4. The molecule has 0 radical (unpaired) electrons. The van der Waals surface area contributed by atoms with Gasteiger partial charge in [0.2, 0.25) is 0 Å². The van der Waals surface area contributed by atoms with Crippen LogP contribution in [0.15, 0.2) is 33.6 Å². The maximum absolute atomic E-state index is 5.97. The molecule has 0 saturated heterocycles. The van der Waals surface area contributed by atoms with Crippen molar-refractivity contribution in [2.75, 3.05) is 6.54 Å². The van der Waals surface area contributed by atoms with E-state index < -0.39 is 0 Å². The predicted molar refractivity (Wildman–Crippen MR) is 79.4 cm³/mol. The molecule has 17 heavy (non-hydrogen) atoms. The van der Waals surface area contributed by atoms with Crippen molar-refractivity contribution in [1.82, 2.24) is 0 Å². The number of benzene rings is 1. The number of rotatable bonds is 5. The van der Waals surface area contributed by atoms with Gasteiger partial charge in [0.05, 0.1) is 0 Å². The quantitative estimate of drug-likeness (QED) is 0.869. The number of hydrogen-bond donors (Lipinski definition) is 1. The van der Waals surface area contributed by atoms with Crippen LogP contribution in [0.25, 0.3) is 0 Å². The molecule has 1 fully saturated rings. The van der Waals surface area contributed by atoms with Gasteiger partial charge in [-0.05, 0) is 43.0 Å². The third kappa shape index (κ3) is 3.27. The van der Waals surface area contributed by atoms with Crippen LogP contribution in [0.4, 0.5) is 0 Å². The Morgan fingerprint density at radius 1 is 1.35 bits per heavy atom. The molecule has 0 atom stereocenters. The van der Waals surface area contributed by atoms with Crippen molar-refractivity contribution in [2.24, 2.45) is 11.7 Å². The summed E-state index contributed by atoms with van der Waals surface area (Å²) in [5.74, 6) is 0.909. The molecule has 1 nitrogen and oxygen atoms in total. The van der Waals surface area contributed by atoms with Crippen molar-refractivity contribution in [1.29, 1.82) is 0 Å². The number of nitrogens with two attached hydrogens (primary N) is 1. The zero-order valence-electron chi connectivity index (χ0n) is 10.3. The molecule has 0 aromatic heterocycles. The summed E-state index contributed by atoms with van der Waals surface area (Å²) >= 11 is 5.44. The molecule has 2 rings (SSSR count).